The van der Waals surface area contributed by atoms with Crippen LogP contribution in [0.2, 0.25) is 0 Å². The Morgan fingerprint density at radius 1 is 1.31 bits per heavy atom. The quantitative estimate of drug-likeness (QED) is 0.897. The lowest BCUT2D eigenvalue weighted by Crippen LogP contribution is -2.33. The molecule has 3 rings (SSSR count). The van der Waals surface area contributed by atoms with Crippen LogP contribution in [0.5, 0.6) is 0 Å². The first-order chi connectivity index (χ1) is 12.4. The van der Waals surface area contributed by atoms with Crippen molar-refractivity contribution in [2.45, 2.75) is 51.7 Å². The standard InChI is InChI=1S/C18H25N5O3/c1-18(2,3)26-17(24)20-12-15-21-22-16(25-15)13-7-10-23(11-8-13)14-6-4-5-9-19-14/h4-6,9,13H,7-8,10-12H2,1-3H3,(H,20,24). The second kappa shape index (κ2) is 7.72. The smallest absolute Gasteiger partial charge is 0.408 e. The maximum Gasteiger partial charge on any atom is 0.408 e. The number of hydrogen-bond acceptors (Lipinski definition) is 7. The summed E-state index contributed by atoms with van der Waals surface area (Å²) in [5.74, 6) is 2.25. The Hall–Kier alpha value is -2.64. The average Bonchev–Trinajstić information content (AvgIpc) is 3.08. The Morgan fingerprint density at radius 2 is 2.08 bits per heavy atom. The van der Waals surface area contributed by atoms with Crippen LogP contribution in [0.3, 0.4) is 0 Å². The zero-order chi connectivity index (χ0) is 18.6. The molecule has 2 aromatic rings. The van der Waals surface area contributed by atoms with E-state index in [1.165, 1.54) is 0 Å². The summed E-state index contributed by atoms with van der Waals surface area (Å²) in [6, 6.07) is 5.94. The molecule has 1 fully saturated rings. The number of nitrogens with zero attached hydrogens (tertiary/aromatic N) is 4. The van der Waals surface area contributed by atoms with E-state index in [9.17, 15) is 4.79 Å². The van der Waals surface area contributed by atoms with Crippen molar-refractivity contribution >= 4 is 11.9 Å². The van der Waals surface area contributed by atoms with Crippen molar-refractivity contribution in [2.75, 3.05) is 18.0 Å². The summed E-state index contributed by atoms with van der Waals surface area (Å²) in [6.07, 6.45) is 3.17. The van der Waals surface area contributed by atoms with Crippen molar-refractivity contribution in [3.8, 4) is 0 Å². The fourth-order valence-electron chi connectivity index (χ4n) is 2.86. The van der Waals surface area contributed by atoms with Gasteiger partial charge in [-0.15, -0.1) is 10.2 Å². The van der Waals surface area contributed by atoms with Gasteiger partial charge in [0.2, 0.25) is 11.8 Å². The Kier molecular flexibility index (Phi) is 5.39. The molecule has 0 radical (unpaired) electrons. The Bertz CT molecular complexity index is 718. The van der Waals surface area contributed by atoms with E-state index in [2.05, 4.69) is 25.4 Å². The van der Waals surface area contributed by atoms with Gasteiger partial charge in [-0.25, -0.2) is 9.78 Å². The topological polar surface area (TPSA) is 93.4 Å². The highest BCUT2D eigenvalue weighted by molar-refractivity contribution is 5.67. The number of aromatic nitrogens is 3. The number of piperidine rings is 1. The van der Waals surface area contributed by atoms with Crippen LogP contribution in [0.25, 0.3) is 0 Å². The molecule has 0 bridgehead atoms. The molecule has 0 atom stereocenters. The first-order valence-corrected chi connectivity index (χ1v) is 8.86. The predicted molar refractivity (Wildman–Crippen MR) is 95.8 cm³/mol. The first-order valence-electron chi connectivity index (χ1n) is 8.86. The molecule has 140 valence electrons. The van der Waals surface area contributed by atoms with E-state index < -0.39 is 11.7 Å². The van der Waals surface area contributed by atoms with E-state index in [1.807, 2.05) is 45.2 Å². The maximum absolute atomic E-state index is 11.7. The number of amides is 1. The van der Waals surface area contributed by atoms with Crippen LogP contribution in [0, 0.1) is 0 Å². The molecule has 1 amide bonds. The number of anilines is 1. The molecule has 8 nitrogen and oxygen atoms in total. The van der Waals surface area contributed by atoms with Gasteiger partial charge in [-0.05, 0) is 45.7 Å². The predicted octanol–water partition coefficient (Wildman–Crippen LogP) is 2.87. The van der Waals surface area contributed by atoms with Crippen molar-refractivity contribution in [1.29, 1.82) is 0 Å². The van der Waals surface area contributed by atoms with Gasteiger partial charge in [0.1, 0.15) is 11.4 Å². The third kappa shape index (κ3) is 4.93. The molecule has 1 N–H and O–H groups in total. The second-order valence-corrected chi connectivity index (χ2v) is 7.34. The Labute approximate surface area is 153 Å². The van der Waals surface area contributed by atoms with E-state index in [1.54, 1.807) is 0 Å². The summed E-state index contributed by atoms with van der Waals surface area (Å²) in [5, 5.41) is 10.8. The highest BCUT2D eigenvalue weighted by atomic mass is 16.6. The molecule has 1 aliphatic heterocycles. The molecule has 3 heterocycles. The second-order valence-electron chi connectivity index (χ2n) is 7.34. The lowest BCUT2D eigenvalue weighted by Gasteiger charge is -2.31. The molecule has 8 heteroatoms. The fraction of sp³-hybridized carbons (Fsp3) is 0.556. The van der Waals surface area contributed by atoms with Crippen LogP contribution in [0.15, 0.2) is 28.8 Å². The largest absolute Gasteiger partial charge is 0.444 e. The molecule has 0 aromatic carbocycles. The molecule has 0 aliphatic carbocycles. The summed E-state index contributed by atoms with van der Waals surface area (Å²) in [4.78, 5) is 18.3. The average molecular weight is 359 g/mol. The number of carbonyl (C=O) groups excluding carboxylic acids is 1. The third-order valence-electron chi connectivity index (χ3n) is 4.08. The minimum absolute atomic E-state index is 0.161. The minimum atomic E-state index is -0.536. The van der Waals surface area contributed by atoms with Crippen molar-refractivity contribution < 1.29 is 13.9 Å². The molecule has 0 unspecified atom stereocenters. The molecular weight excluding hydrogens is 334 g/mol. The van der Waals surface area contributed by atoms with Gasteiger partial charge in [0, 0.05) is 25.2 Å². The number of ether oxygens (including phenoxy) is 1. The zero-order valence-corrected chi connectivity index (χ0v) is 15.4. The summed E-state index contributed by atoms with van der Waals surface area (Å²) in [6.45, 7) is 7.40. The number of alkyl carbamates (subject to hydrolysis) is 1. The maximum atomic E-state index is 11.7. The Morgan fingerprint density at radius 3 is 2.73 bits per heavy atom. The van der Waals surface area contributed by atoms with Crippen LogP contribution >= 0.6 is 0 Å². The lowest BCUT2D eigenvalue weighted by atomic mass is 9.97. The summed E-state index contributed by atoms with van der Waals surface area (Å²) in [5.41, 5.74) is -0.536. The molecule has 26 heavy (non-hydrogen) atoms. The van der Waals surface area contributed by atoms with Gasteiger partial charge in [0.15, 0.2) is 0 Å². The van der Waals surface area contributed by atoms with Crippen molar-refractivity contribution in [1.82, 2.24) is 20.5 Å². The monoisotopic (exact) mass is 359 g/mol. The molecular formula is C18H25N5O3. The van der Waals surface area contributed by atoms with E-state index >= 15 is 0 Å². The highest BCUT2D eigenvalue weighted by Crippen LogP contribution is 2.28. The van der Waals surface area contributed by atoms with Gasteiger partial charge in [0.25, 0.3) is 0 Å². The SMILES string of the molecule is CC(C)(C)OC(=O)NCc1nnc(C2CCN(c3ccccn3)CC2)o1. The molecule has 0 spiro atoms. The fourth-order valence-corrected chi connectivity index (χ4v) is 2.86. The van der Waals surface area contributed by atoms with E-state index in [4.69, 9.17) is 9.15 Å². The van der Waals surface area contributed by atoms with Crippen molar-refractivity contribution in [2.24, 2.45) is 0 Å². The molecule has 0 saturated carbocycles. The number of carbonyl (C=O) groups is 1. The number of nitrogens with one attached hydrogen (secondary N) is 1. The highest BCUT2D eigenvalue weighted by Gasteiger charge is 2.25. The minimum Gasteiger partial charge on any atom is -0.444 e. The van der Waals surface area contributed by atoms with Crippen LogP contribution in [0.1, 0.15) is 51.3 Å². The van der Waals surface area contributed by atoms with E-state index in [-0.39, 0.29) is 12.5 Å². The summed E-state index contributed by atoms with van der Waals surface area (Å²) < 4.78 is 10.9. The van der Waals surface area contributed by atoms with Crippen molar-refractivity contribution in [3.63, 3.8) is 0 Å². The Balaban J connectivity index is 1.49. The number of rotatable bonds is 4. The third-order valence-corrected chi connectivity index (χ3v) is 4.08. The van der Waals surface area contributed by atoms with Crippen LogP contribution < -0.4 is 10.2 Å². The van der Waals surface area contributed by atoms with Gasteiger partial charge in [-0.3, -0.25) is 0 Å². The van der Waals surface area contributed by atoms with Gasteiger partial charge in [-0.2, -0.15) is 0 Å². The van der Waals surface area contributed by atoms with Gasteiger partial charge < -0.3 is 19.4 Å². The number of hydrogen-bond donors (Lipinski definition) is 1. The molecule has 2 aromatic heterocycles. The van der Waals surface area contributed by atoms with Crippen LogP contribution in [-0.2, 0) is 11.3 Å². The van der Waals surface area contributed by atoms with E-state index in [0.717, 1.165) is 31.7 Å². The molecule has 1 aliphatic rings. The van der Waals surface area contributed by atoms with Crippen LogP contribution in [-0.4, -0.2) is 40.0 Å². The number of pyridine rings is 1. The van der Waals surface area contributed by atoms with Gasteiger partial charge in [-0.1, -0.05) is 6.07 Å². The summed E-state index contributed by atoms with van der Waals surface area (Å²) >= 11 is 0. The normalized spacial score (nSPS) is 15.7. The van der Waals surface area contributed by atoms with Crippen LogP contribution in [0.4, 0.5) is 10.6 Å². The molecule has 1 saturated heterocycles. The van der Waals surface area contributed by atoms with Gasteiger partial charge in [0.05, 0.1) is 6.54 Å². The van der Waals surface area contributed by atoms with E-state index in [0.29, 0.717) is 11.8 Å². The van der Waals surface area contributed by atoms with Gasteiger partial charge >= 0.3 is 6.09 Å². The van der Waals surface area contributed by atoms with Crippen molar-refractivity contribution in [3.05, 3.63) is 36.2 Å². The first kappa shape index (κ1) is 18.2. The summed E-state index contributed by atoms with van der Waals surface area (Å²) in [7, 11) is 0. The lowest BCUT2D eigenvalue weighted by molar-refractivity contribution is 0.0518. The zero-order valence-electron chi connectivity index (χ0n) is 15.4.